The van der Waals surface area contributed by atoms with Crippen molar-refractivity contribution >= 4 is 28.6 Å². The molecule has 0 radical (unpaired) electrons. The smallest absolute Gasteiger partial charge is 0.224 e. The van der Waals surface area contributed by atoms with Crippen LogP contribution >= 0.6 is 0 Å². The van der Waals surface area contributed by atoms with E-state index in [4.69, 9.17) is 15.9 Å². The Balaban J connectivity index is 1.98. The van der Waals surface area contributed by atoms with Gasteiger partial charge in [-0.25, -0.2) is 4.39 Å². The third-order valence-corrected chi connectivity index (χ3v) is 5.30. The molecule has 0 fully saturated rings. The average Bonchev–Trinajstić information content (AvgIpc) is 2.77. The third-order valence-electron chi connectivity index (χ3n) is 5.30. The number of nitrogen functional groups attached to an aromatic ring is 2. The van der Waals surface area contributed by atoms with E-state index in [2.05, 4.69) is 9.97 Å². The summed E-state index contributed by atoms with van der Waals surface area (Å²) < 4.78 is 20.1. The summed E-state index contributed by atoms with van der Waals surface area (Å²) in [6.45, 7) is 1.75. The Bertz CT molecular complexity index is 1440. The Morgan fingerprint density at radius 2 is 1.91 bits per heavy atom. The molecule has 2 aromatic carbocycles. The molecule has 0 aliphatic carbocycles. The summed E-state index contributed by atoms with van der Waals surface area (Å²) in [6.07, 6.45) is 0. The standard InChI is InChI=1S/C23H19FN6O2/c1-12(30(2)22-16(11-25)21(26)28-23(27)29-22)18-19(31)15-8-3-4-9-17(15)32-20(18)13-6-5-7-14(24)10-13/h3-10,12H,1-2H3,(H4,26,27,28,29). The third kappa shape index (κ3) is 3.48. The van der Waals surface area contributed by atoms with Gasteiger partial charge in [-0.1, -0.05) is 24.3 Å². The van der Waals surface area contributed by atoms with Crippen molar-refractivity contribution in [3.8, 4) is 17.4 Å². The van der Waals surface area contributed by atoms with Crippen LogP contribution in [0.2, 0.25) is 0 Å². The van der Waals surface area contributed by atoms with E-state index in [1.54, 1.807) is 49.2 Å². The molecule has 0 saturated heterocycles. The number of hydrogen-bond donors (Lipinski definition) is 2. The van der Waals surface area contributed by atoms with Crippen molar-refractivity contribution in [3.63, 3.8) is 0 Å². The largest absolute Gasteiger partial charge is 0.455 e. The number of fused-ring (bicyclic) bond motifs is 1. The Morgan fingerprint density at radius 1 is 1.16 bits per heavy atom. The summed E-state index contributed by atoms with van der Waals surface area (Å²) in [5.41, 5.74) is 12.4. The normalized spacial score (nSPS) is 11.8. The molecule has 0 saturated carbocycles. The molecule has 0 spiro atoms. The van der Waals surface area contributed by atoms with Gasteiger partial charge in [-0.2, -0.15) is 15.2 Å². The maximum absolute atomic E-state index is 14.0. The van der Waals surface area contributed by atoms with Crippen LogP contribution in [0.15, 0.2) is 57.7 Å². The lowest BCUT2D eigenvalue weighted by Gasteiger charge is -2.28. The summed E-state index contributed by atoms with van der Waals surface area (Å²) in [4.78, 5) is 23.1. The van der Waals surface area contributed by atoms with Crippen LogP contribution in [0.25, 0.3) is 22.3 Å². The van der Waals surface area contributed by atoms with Gasteiger partial charge in [0, 0.05) is 12.6 Å². The second kappa shape index (κ2) is 8.00. The molecule has 1 unspecified atom stereocenters. The zero-order chi connectivity index (χ0) is 23.0. The van der Waals surface area contributed by atoms with Crippen LogP contribution < -0.4 is 21.8 Å². The maximum atomic E-state index is 14.0. The quantitative estimate of drug-likeness (QED) is 0.501. The molecule has 0 amide bonds. The zero-order valence-corrected chi connectivity index (χ0v) is 17.3. The average molecular weight is 430 g/mol. The Labute approximate surface area is 182 Å². The highest BCUT2D eigenvalue weighted by molar-refractivity contribution is 5.81. The molecule has 8 nitrogen and oxygen atoms in total. The first-order valence-electron chi connectivity index (χ1n) is 9.69. The molecule has 2 heterocycles. The summed E-state index contributed by atoms with van der Waals surface area (Å²) in [5.74, 6) is -0.242. The fourth-order valence-electron chi connectivity index (χ4n) is 3.60. The topological polar surface area (TPSA) is 135 Å². The fraction of sp³-hybridized carbons (Fsp3) is 0.130. The minimum Gasteiger partial charge on any atom is -0.455 e. The van der Waals surface area contributed by atoms with Crippen molar-refractivity contribution in [1.82, 2.24) is 9.97 Å². The predicted molar refractivity (Wildman–Crippen MR) is 120 cm³/mol. The number of para-hydroxylation sites is 1. The van der Waals surface area contributed by atoms with Crippen molar-refractivity contribution in [3.05, 3.63) is 75.7 Å². The van der Waals surface area contributed by atoms with Gasteiger partial charge in [0.15, 0.2) is 11.2 Å². The van der Waals surface area contributed by atoms with Crippen molar-refractivity contribution in [2.45, 2.75) is 13.0 Å². The predicted octanol–water partition coefficient (Wildman–Crippen LogP) is 3.62. The number of hydrogen-bond acceptors (Lipinski definition) is 8. The molecule has 2 aromatic heterocycles. The molecule has 160 valence electrons. The van der Waals surface area contributed by atoms with Gasteiger partial charge in [0.25, 0.3) is 0 Å². The van der Waals surface area contributed by atoms with Gasteiger partial charge in [0.05, 0.1) is 17.0 Å². The van der Waals surface area contributed by atoms with Gasteiger partial charge in [0.1, 0.15) is 34.6 Å². The molecular weight excluding hydrogens is 411 g/mol. The lowest BCUT2D eigenvalue weighted by Crippen LogP contribution is -2.29. The lowest BCUT2D eigenvalue weighted by atomic mass is 9.98. The first kappa shape index (κ1) is 20.8. The Kier molecular flexibility index (Phi) is 5.20. The molecule has 32 heavy (non-hydrogen) atoms. The lowest BCUT2D eigenvalue weighted by molar-refractivity contribution is 0.590. The molecular formula is C23H19FN6O2. The number of anilines is 3. The van der Waals surface area contributed by atoms with Crippen LogP contribution in [0.1, 0.15) is 24.1 Å². The maximum Gasteiger partial charge on any atom is 0.224 e. The molecule has 0 bridgehead atoms. The number of nitrogens with zero attached hydrogens (tertiary/aromatic N) is 4. The number of nitrogens with two attached hydrogens (primary N) is 2. The van der Waals surface area contributed by atoms with Gasteiger partial charge in [-0.15, -0.1) is 0 Å². The molecule has 4 N–H and O–H groups in total. The fourth-order valence-corrected chi connectivity index (χ4v) is 3.60. The van der Waals surface area contributed by atoms with E-state index in [0.717, 1.165) is 0 Å². The molecule has 0 aliphatic rings. The molecule has 1 atom stereocenters. The second-order valence-electron chi connectivity index (χ2n) is 7.24. The van der Waals surface area contributed by atoms with Crippen LogP contribution in [0.4, 0.5) is 22.0 Å². The van der Waals surface area contributed by atoms with Crippen LogP contribution in [0, 0.1) is 17.1 Å². The van der Waals surface area contributed by atoms with Crippen LogP contribution in [-0.2, 0) is 0 Å². The molecule has 9 heteroatoms. The summed E-state index contributed by atoms with van der Waals surface area (Å²) >= 11 is 0. The summed E-state index contributed by atoms with van der Waals surface area (Å²) in [6, 6.07) is 14.0. The van der Waals surface area contributed by atoms with E-state index in [0.29, 0.717) is 16.5 Å². The van der Waals surface area contributed by atoms with Gasteiger partial charge in [-0.3, -0.25) is 4.79 Å². The van der Waals surface area contributed by atoms with E-state index in [1.165, 1.54) is 18.2 Å². The van der Waals surface area contributed by atoms with E-state index >= 15 is 0 Å². The SMILES string of the molecule is CC(c1c(-c2cccc(F)c2)oc2ccccc2c1=O)N(C)c1nc(N)nc(N)c1C#N. The number of aromatic nitrogens is 2. The van der Waals surface area contributed by atoms with Crippen LogP contribution in [0.3, 0.4) is 0 Å². The number of rotatable bonds is 4. The van der Waals surface area contributed by atoms with Crippen LogP contribution in [-0.4, -0.2) is 17.0 Å². The minimum absolute atomic E-state index is 0.0334. The highest BCUT2D eigenvalue weighted by atomic mass is 19.1. The molecule has 4 aromatic rings. The molecule has 4 rings (SSSR count). The van der Waals surface area contributed by atoms with Crippen molar-refractivity contribution in [2.75, 3.05) is 23.4 Å². The van der Waals surface area contributed by atoms with Gasteiger partial charge < -0.3 is 20.8 Å². The van der Waals surface area contributed by atoms with E-state index < -0.39 is 11.9 Å². The van der Waals surface area contributed by atoms with E-state index in [9.17, 15) is 14.4 Å². The van der Waals surface area contributed by atoms with Crippen molar-refractivity contribution in [2.24, 2.45) is 0 Å². The second-order valence-corrected chi connectivity index (χ2v) is 7.24. The van der Waals surface area contributed by atoms with E-state index in [-0.39, 0.29) is 39.9 Å². The number of benzene rings is 2. The number of nitriles is 1. The van der Waals surface area contributed by atoms with Gasteiger partial charge in [0.2, 0.25) is 5.95 Å². The highest BCUT2D eigenvalue weighted by Crippen LogP contribution is 2.34. The summed E-state index contributed by atoms with van der Waals surface area (Å²) in [5, 5.41) is 9.93. The first-order chi connectivity index (χ1) is 15.3. The van der Waals surface area contributed by atoms with Gasteiger partial charge >= 0.3 is 0 Å². The number of halogens is 1. The highest BCUT2D eigenvalue weighted by Gasteiger charge is 2.27. The van der Waals surface area contributed by atoms with Crippen molar-refractivity contribution < 1.29 is 8.81 Å². The molecule has 0 aliphatic heterocycles. The van der Waals surface area contributed by atoms with Gasteiger partial charge in [-0.05, 0) is 31.2 Å². The van der Waals surface area contributed by atoms with Crippen LogP contribution in [0.5, 0.6) is 0 Å². The Hall–Kier alpha value is -4.45. The van der Waals surface area contributed by atoms with Crippen molar-refractivity contribution in [1.29, 1.82) is 5.26 Å². The first-order valence-corrected chi connectivity index (χ1v) is 9.69. The van der Waals surface area contributed by atoms with E-state index in [1.807, 2.05) is 6.07 Å². The minimum atomic E-state index is -0.644. The summed E-state index contributed by atoms with van der Waals surface area (Å²) in [7, 11) is 1.65. The monoisotopic (exact) mass is 430 g/mol. The Morgan fingerprint density at radius 3 is 2.62 bits per heavy atom. The zero-order valence-electron chi connectivity index (χ0n) is 17.3.